The minimum Gasteiger partial charge on any atom is -0.821 e. The molecule has 0 spiro atoms. The second-order valence-corrected chi connectivity index (χ2v) is 5.91. The standard InChI is InChI=1S/C6H15N2O3PS/c1-4(2)3-5(6(7)9)8-12(10,11)13/h4-5H,3H2,1-2H3,(H2,7,9)(H3,8,10,11,13)/p-2. The molecule has 78 valence electrons. The number of hydrogen-bond acceptors (Lipinski definition) is 4. The van der Waals surface area contributed by atoms with Gasteiger partial charge in [-0.1, -0.05) is 13.8 Å². The van der Waals surface area contributed by atoms with E-state index in [0.717, 1.165) is 0 Å². The normalized spacial score (nSPS) is 14.5. The summed E-state index contributed by atoms with van der Waals surface area (Å²) in [6, 6.07) is -0.888. The molecule has 0 bridgehead atoms. The molecule has 1 unspecified atom stereocenters. The molecule has 13 heavy (non-hydrogen) atoms. The Balaban J connectivity index is 4.28. The van der Waals surface area contributed by atoms with Crippen LogP contribution in [0.1, 0.15) is 20.3 Å². The average Bonchev–Trinajstić information content (AvgIpc) is 1.81. The summed E-state index contributed by atoms with van der Waals surface area (Å²) in [7, 11) is 0. The van der Waals surface area contributed by atoms with Crippen LogP contribution in [0.2, 0.25) is 0 Å². The van der Waals surface area contributed by atoms with E-state index in [1.165, 1.54) is 0 Å². The van der Waals surface area contributed by atoms with Crippen LogP contribution in [0.4, 0.5) is 0 Å². The number of amides is 1. The van der Waals surface area contributed by atoms with Gasteiger partial charge in [0.1, 0.15) is 0 Å². The molecule has 0 saturated heterocycles. The zero-order valence-electron chi connectivity index (χ0n) is 7.52. The molecule has 3 N–H and O–H groups in total. The van der Waals surface area contributed by atoms with Gasteiger partial charge < -0.3 is 20.6 Å². The molecule has 1 atom stereocenters. The Morgan fingerprint density at radius 2 is 2.08 bits per heavy atom. The third-order valence-corrected chi connectivity index (χ3v) is 2.31. The third-order valence-electron chi connectivity index (χ3n) is 1.36. The lowest BCUT2D eigenvalue weighted by Gasteiger charge is -2.39. The molecule has 0 radical (unpaired) electrons. The second-order valence-electron chi connectivity index (χ2n) is 3.21. The summed E-state index contributed by atoms with van der Waals surface area (Å²) < 4.78 is 0. The second kappa shape index (κ2) is 5.02. The maximum atomic E-state index is 10.8. The average molecular weight is 224 g/mol. The van der Waals surface area contributed by atoms with E-state index >= 15 is 0 Å². The fraction of sp³-hybridized carbons (Fsp3) is 0.833. The zero-order chi connectivity index (χ0) is 10.6. The van der Waals surface area contributed by atoms with Crippen LogP contribution in [0.25, 0.3) is 0 Å². The van der Waals surface area contributed by atoms with Gasteiger partial charge in [-0.15, -0.1) is 11.8 Å². The molecule has 0 rings (SSSR count). The topological polar surface area (TPSA) is 101 Å². The van der Waals surface area contributed by atoms with Gasteiger partial charge in [-0.2, -0.15) is 6.64 Å². The summed E-state index contributed by atoms with van der Waals surface area (Å²) in [4.78, 5) is 32.1. The van der Waals surface area contributed by atoms with Crippen molar-refractivity contribution in [2.45, 2.75) is 26.3 Å². The van der Waals surface area contributed by atoms with Crippen molar-refractivity contribution in [2.24, 2.45) is 11.7 Å². The van der Waals surface area contributed by atoms with Crippen LogP contribution in [0.15, 0.2) is 0 Å². The Kier molecular flexibility index (Phi) is 5.02. The quantitative estimate of drug-likeness (QED) is 0.549. The maximum absolute atomic E-state index is 10.8. The number of rotatable bonds is 5. The van der Waals surface area contributed by atoms with Gasteiger partial charge in [-0.3, -0.25) is 4.79 Å². The van der Waals surface area contributed by atoms with Crippen molar-refractivity contribution in [3.8, 4) is 0 Å². The van der Waals surface area contributed by atoms with Crippen LogP contribution < -0.4 is 20.6 Å². The molecule has 1 amide bonds. The van der Waals surface area contributed by atoms with Crippen molar-refractivity contribution >= 4 is 24.4 Å². The van der Waals surface area contributed by atoms with Gasteiger partial charge in [0.15, 0.2) is 0 Å². The van der Waals surface area contributed by atoms with Crippen LogP contribution in [-0.2, 0) is 16.6 Å². The van der Waals surface area contributed by atoms with Crippen molar-refractivity contribution in [3.63, 3.8) is 0 Å². The molecule has 0 aromatic heterocycles. The molecular formula is C6H13N2O3PS-2. The molecule has 0 aliphatic carbocycles. The SMILES string of the molecule is CC(C)CC(NP([O-])([O-])=S)C(N)=O. The van der Waals surface area contributed by atoms with E-state index in [-0.39, 0.29) is 5.92 Å². The highest BCUT2D eigenvalue weighted by molar-refractivity contribution is 8.06. The van der Waals surface area contributed by atoms with E-state index < -0.39 is 18.6 Å². The minimum absolute atomic E-state index is 0.173. The molecule has 0 aliphatic rings. The van der Waals surface area contributed by atoms with Crippen molar-refractivity contribution in [1.82, 2.24) is 5.09 Å². The predicted octanol–water partition coefficient (Wildman–Crippen LogP) is -1.58. The lowest BCUT2D eigenvalue weighted by Crippen LogP contribution is -2.44. The Labute approximate surface area is 82.6 Å². The maximum Gasteiger partial charge on any atom is 0.234 e. The Bertz CT molecular complexity index is 228. The summed E-state index contributed by atoms with van der Waals surface area (Å²) in [5.41, 5.74) is 4.98. The van der Waals surface area contributed by atoms with Gasteiger partial charge in [0, 0.05) is 0 Å². The number of hydrogen-bond donors (Lipinski definition) is 2. The van der Waals surface area contributed by atoms with Crippen LogP contribution in [-0.4, -0.2) is 11.9 Å². The van der Waals surface area contributed by atoms with Gasteiger partial charge >= 0.3 is 0 Å². The van der Waals surface area contributed by atoms with Crippen LogP contribution >= 0.6 is 6.64 Å². The Morgan fingerprint density at radius 1 is 1.62 bits per heavy atom. The van der Waals surface area contributed by atoms with E-state index in [1.807, 2.05) is 18.9 Å². The predicted molar refractivity (Wildman–Crippen MR) is 49.9 cm³/mol. The first kappa shape index (κ1) is 13.0. The lowest BCUT2D eigenvalue weighted by atomic mass is 10.0. The van der Waals surface area contributed by atoms with Crippen LogP contribution in [0.3, 0.4) is 0 Å². The van der Waals surface area contributed by atoms with Gasteiger partial charge in [0.05, 0.1) is 6.04 Å². The number of nitrogens with one attached hydrogen (secondary N) is 1. The van der Waals surface area contributed by atoms with Gasteiger partial charge in [-0.25, -0.2) is 0 Å². The zero-order valence-corrected chi connectivity index (χ0v) is 9.23. The molecule has 0 aromatic rings. The van der Waals surface area contributed by atoms with E-state index in [2.05, 4.69) is 11.8 Å². The summed E-state index contributed by atoms with van der Waals surface area (Å²) in [5.74, 6) is -0.527. The highest BCUT2D eigenvalue weighted by Gasteiger charge is 2.15. The fourth-order valence-electron chi connectivity index (χ4n) is 0.895. The highest BCUT2D eigenvalue weighted by Crippen LogP contribution is 2.20. The number of nitrogens with two attached hydrogens (primary N) is 1. The van der Waals surface area contributed by atoms with E-state index in [9.17, 15) is 14.6 Å². The molecule has 5 nitrogen and oxygen atoms in total. The Morgan fingerprint density at radius 3 is 2.31 bits per heavy atom. The van der Waals surface area contributed by atoms with Crippen molar-refractivity contribution in [2.75, 3.05) is 0 Å². The summed E-state index contributed by atoms with van der Waals surface area (Å²) in [5, 5.41) is 2.03. The molecule has 0 saturated carbocycles. The van der Waals surface area contributed by atoms with Crippen molar-refractivity contribution in [1.29, 1.82) is 0 Å². The number of carbonyl (C=O) groups is 1. The van der Waals surface area contributed by atoms with E-state index in [0.29, 0.717) is 6.42 Å². The van der Waals surface area contributed by atoms with E-state index in [1.54, 1.807) is 0 Å². The monoisotopic (exact) mass is 224 g/mol. The minimum atomic E-state index is -4.05. The first-order chi connectivity index (χ1) is 5.72. The van der Waals surface area contributed by atoms with Gasteiger partial charge in [0.25, 0.3) is 0 Å². The first-order valence-electron chi connectivity index (χ1n) is 3.81. The molecule has 0 heterocycles. The number of primary amides is 1. The third kappa shape index (κ3) is 7.10. The van der Waals surface area contributed by atoms with Crippen molar-refractivity contribution < 1.29 is 14.6 Å². The molecule has 7 heteroatoms. The Hall–Kier alpha value is 0. The number of carbonyl (C=O) groups excluding carboxylic acids is 1. The van der Waals surface area contributed by atoms with E-state index in [4.69, 9.17) is 5.73 Å². The summed E-state index contributed by atoms with van der Waals surface area (Å²) in [6.07, 6.45) is 0.359. The molecule has 0 fully saturated rings. The molecular weight excluding hydrogens is 211 g/mol. The van der Waals surface area contributed by atoms with Gasteiger partial charge in [-0.05, 0) is 12.3 Å². The lowest BCUT2D eigenvalue weighted by molar-refractivity contribution is -0.299. The summed E-state index contributed by atoms with van der Waals surface area (Å²) >= 11 is 4.11. The first-order valence-corrected chi connectivity index (χ1v) is 6.45. The fourth-order valence-corrected chi connectivity index (χ4v) is 1.89. The van der Waals surface area contributed by atoms with Gasteiger partial charge in [0.2, 0.25) is 5.91 Å². The molecule has 0 aromatic carbocycles. The van der Waals surface area contributed by atoms with Crippen molar-refractivity contribution in [3.05, 3.63) is 0 Å². The summed E-state index contributed by atoms with van der Waals surface area (Å²) in [6.45, 7) is -0.334. The van der Waals surface area contributed by atoms with Crippen LogP contribution in [0.5, 0.6) is 0 Å². The van der Waals surface area contributed by atoms with Crippen LogP contribution in [0, 0.1) is 5.92 Å². The highest BCUT2D eigenvalue weighted by atomic mass is 32.5. The largest absolute Gasteiger partial charge is 0.821 e. The molecule has 0 aliphatic heterocycles. The smallest absolute Gasteiger partial charge is 0.234 e.